The van der Waals surface area contributed by atoms with Crippen LogP contribution in [0.1, 0.15) is 23.7 Å². The molecule has 0 spiro atoms. The minimum atomic E-state index is -0.345. The fourth-order valence-corrected chi connectivity index (χ4v) is 3.93. The van der Waals surface area contributed by atoms with Gasteiger partial charge in [0.05, 0.1) is 26.0 Å². The van der Waals surface area contributed by atoms with Crippen LogP contribution >= 0.6 is 11.3 Å². The largest absolute Gasteiger partial charge is 0.497 e. The third-order valence-electron chi connectivity index (χ3n) is 4.13. The molecule has 0 saturated carbocycles. The van der Waals surface area contributed by atoms with Gasteiger partial charge in [-0.1, -0.05) is 24.3 Å². The van der Waals surface area contributed by atoms with E-state index in [1.807, 2.05) is 22.8 Å². The molecule has 0 bridgehead atoms. The van der Waals surface area contributed by atoms with Gasteiger partial charge in [0.2, 0.25) is 0 Å². The molecule has 6 nitrogen and oxygen atoms in total. The van der Waals surface area contributed by atoms with Gasteiger partial charge < -0.3 is 18.8 Å². The first-order valence-corrected chi connectivity index (χ1v) is 9.41. The zero-order valence-electron chi connectivity index (χ0n) is 15.8. The minimum Gasteiger partial charge on any atom is -0.497 e. The maximum Gasteiger partial charge on any atom is 0.279 e. The first-order valence-electron chi connectivity index (χ1n) is 8.59. The number of para-hydroxylation sites is 1. The van der Waals surface area contributed by atoms with Crippen LogP contribution in [-0.4, -0.2) is 31.8 Å². The van der Waals surface area contributed by atoms with Gasteiger partial charge in [-0.15, -0.1) is 0 Å². The van der Waals surface area contributed by atoms with Crippen LogP contribution in [0.2, 0.25) is 0 Å². The van der Waals surface area contributed by atoms with E-state index >= 15 is 0 Å². The number of benzene rings is 2. The summed E-state index contributed by atoms with van der Waals surface area (Å²) in [5.74, 6) is 1.52. The highest BCUT2D eigenvalue weighted by molar-refractivity contribution is 7.16. The molecule has 0 aliphatic heterocycles. The zero-order chi connectivity index (χ0) is 19.4. The van der Waals surface area contributed by atoms with Gasteiger partial charge in [0.1, 0.15) is 22.8 Å². The molecular weight excluding hydrogens is 364 g/mol. The Morgan fingerprint density at radius 3 is 2.37 bits per heavy atom. The Morgan fingerprint density at radius 1 is 1.07 bits per heavy atom. The van der Waals surface area contributed by atoms with Gasteiger partial charge in [-0.25, -0.2) is 0 Å². The normalized spacial score (nSPS) is 11.6. The lowest BCUT2D eigenvalue weighted by molar-refractivity contribution is 0.0997. The topological polar surface area (TPSA) is 62.1 Å². The number of amides is 1. The second-order valence-corrected chi connectivity index (χ2v) is 6.87. The molecule has 0 aliphatic rings. The average molecular weight is 386 g/mol. The monoisotopic (exact) mass is 386 g/mol. The standard InChI is InChI=1S/C20H22N2O4S/c1-5-9-22-18-16(26-4)7-6-8-17(18)27-20(22)21-19(23)13-10-14(24-2)12-15(11-13)25-3/h6-8,10-12H,5,9H2,1-4H3. The van der Waals surface area contributed by atoms with E-state index in [-0.39, 0.29) is 5.91 Å². The van der Waals surface area contributed by atoms with Crippen molar-refractivity contribution >= 4 is 27.5 Å². The molecule has 0 aliphatic carbocycles. The van der Waals surface area contributed by atoms with E-state index in [0.717, 1.165) is 28.9 Å². The number of carbonyl (C=O) groups excluding carboxylic acids is 1. The Morgan fingerprint density at radius 2 is 1.78 bits per heavy atom. The molecule has 3 rings (SSSR count). The number of ether oxygens (including phenoxy) is 3. The van der Waals surface area contributed by atoms with Crippen molar-refractivity contribution in [2.75, 3.05) is 21.3 Å². The number of nitrogens with zero attached hydrogens (tertiary/aromatic N) is 2. The first kappa shape index (κ1) is 19.0. The van der Waals surface area contributed by atoms with Crippen LogP contribution in [0, 0.1) is 0 Å². The molecule has 0 radical (unpaired) electrons. The summed E-state index contributed by atoms with van der Waals surface area (Å²) in [4.78, 5) is 17.9. The lowest BCUT2D eigenvalue weighted by atomic mass is 10.2. The summed E-state index contributed by atoms with van der Waals surface area (Å²) in [6, 6.07) is 10.9. The number of carbonyl (C=O) groups is 1. The van der Waals surface area contributed by atoms with Gasteiger partial charge >= 0.3 is 0 Å². The molecule has 0 N–H and O–H groups in total. The summed E-state index contributed by atoms with van der Waals surface area (Å²) in [6.07, 6.45) is 0.915. The lowest BCUT2D eigenvalue weighted by Crippen LogP contribution is -2.17. The van der Waals surface area contributed by atoms with E-state index in [2.05, 4.69) is 11.9 Å². The molecule has 7 heteroatoms. The maximum absolute atomic E-state index is 12.8. The molecule has 0 atom stereocenters. The Bertz CT molecular complexity index is 1010. The third kappa shape index (κ3) is 3.83. The van der Waals surface area contributed by atoms with Crippen molar-refractivity contribution in [3.05, 3.63) is 46.8 Å². The smallest absolute Gasteiger partial charge is 0.279 e. The van der Waals surface area contributed by atoms with Crippen molar-refractivity contribution < 1.29 is 19.0 Å². The van der Waals surface area contributed by atoms with Crippen molar-refractivity contribution in [2.24, 2.45) is 4.99 Å². The highest BCUT2D eigenvalue weighted by Gasteiger charge is 2.14. The second-order valence-electron chi connectivity index (χ2n) is 5.86. The zero-order valence-corrected chi connectivity index (χ0v) is 16.6. The number of aromatic nitrogens is 1. The third-order valence-corrected chi connectivity index (χ3v) is 5.17. The summed E-state index contributed by atoms with van der Waals surface area (Å²) in [7, 11) is 4.74. The number of fused-ring (bicyclic) bond motifs is 1. The Balaban J connectivity index is 2.15. The van der Waals surface area contributed by atoms with Crippen LogP contribution in [0.4, 0.5) is 0 Å². The van der Waals surface area contributed by atoms with E-state index in [1.54, 1.807) is 39.5 Å². The molecule has 27 heavy (non-hydrogen) atoms. The van der Waals surface area contributed by atoms with Gasteiger partial charge in [-0.2, -0.15) is 4.99 Å². The molecule has 1 aromatic heterocycles. The fraction of sp³-hybridized carbons (Fsp3) is 0.300. The molecule has 142 valence electrons. The first-order chi connectivity index (χ1) is 13.1. The van der Waals surface area contributed by atoms with Crippen molar-refractivity contribution in [1.82, 2.24) is 4.57 Å². The van der Waals surface area contributed by atoms with E-state index in [9.17, 15) is 4.79 Å². The second kappa shape index (κ2) is 8.26. The lowest BCUT2D eigenvalue weighted by Gasteiger charge is -2.07. The Labute approximate surface area is 161 Å². The van der Waals surface area contributed by atoms with Gasteiger partial charge in [0, 0.05) is 18.2 Å². The quantitative estimate of drug-likeness (QED) is 0.645. The van der Waals surface area contributed by atoms with E-state index in [0.29, 0.717) is 21.9 Å². The number of hydrogen-bond acceptors (Lipinski definition) is 5. The molecular formula is C20H22N2O4S. The Hall–Kier alpha value is -2.80. The van der Waals surface area contributed by atoms with E-state index in [1.165, 1.54) is 11.3 Å². The minimum absolute atomic E-state index is 0.345. The van der Waals surface area contributed by atoms with Gasteiger partial charge in [0.25, 0.3) is 5.91 Å². The van der Waals surface area contributed by atoms with Crippen molar-refractivity contribution in [3.63, 3.8) is 0 Å². The number of rotatable bonds is 6. The molecule has 3 aromatic rings. The van der Waals surface area contributed by atoms with Crippen molar-refractivity contribution in [1.29, 1.82) is 0 Å². The molecule has 0 unspecified atom stereocenters. The van der Waals surface area contributed by atoms with E-state index in [4.69, 9.17) is 14.2 Å². The van der Waals surface area contributed by atoms with Crippen LogP contribution in [-0.2, 0) is 6.54 Å². The number of aryl methyl sites for hydroxylation is 1. The van der Waals surface area contributed by atoms with Crippen molar-refractivity contribution in [3.8, 4) is 17.2 Å². The van der Waals surface area contributed by atoms with Crippen LogP contribution in [0.15, 0.2) is 41.4 Å². The van der Waals surface area contributed by atoms with E-state index < -0.39 is 0 Å². The SMILES string of the molecule is CCCn1c(=NC(=O)c2cc(OC)cc(OC)c2)sc2cccc(OC)c21. The molecule has 0 fully saturated rings. The predicted octanol–water partition coefficient (Wildman–Crippen LogP) is 3.88. The average Bonchev–Trinajstić information content (AvgIpc) is 3.04. The predicted molar refractivity (Wildman–Crippen MR) is 106 cm³/mol. The molecule has 1 amide bonds. The van der Waals surface area contributed by atoms with Crippen LogP contribution in [0.3, 0.4) is 0 Å². The summed E-state index contributed by atoms with van der Waals surface area (Å²) in [5.41, 5.74) is 1.38. The van der Waals surface area contributed by atoms with Crippen LogP contribution in [0.5, 0.6) is 17.2 Å². The summed E-state index contributed by atoms with van der Waals surface area (Å²) in [5, 5.41) is 0. The number of methoxy groups -OCH3 is 3. The van der Waals surface area contributed by atoms with Gasteiger partial charge in [-0.3, -0.25) is 4.79 Å². The molecule has 2 aromatic carbocycles. The molecule has 1 heterocycles. The number of thiazole rings is 1. The van der Waals surface area contributed by atoms with Gasteiger partial charge in [-0.05, 0) is 30.7 Å². The summed E-state index contributed by atoms with van der Waals surface area (Å²) < 4.78 is 19.1. The van der Waals surface area contributed by atoms with Gasteiger partial charge in [0.15, 0.2) is 4.80 Å². The fourth-order valence-electron chi connectivity index (χ4n) is 2.86. The van der Waals surface area contributed by atoms with Crippen LogP contribution in [0.25, 0.3) is 10.2 Å². The number of hydrogen-bond donors (Lipinski definition) is 0. The molecule has 0 saturated heterocycles. The Kier molecular flexibility index (Phi) is 5.81. The highest BCUT2D eigenvalue weighted by Crippen LogP contribution is 2.28. The van der Waals surface area contributed by atoms with Crippen molar-refractivity contribution in [2.45, 2.75) is 19.9 Å². The summed E-state index contributed by atoms with van der Waals surface area (Å²) >= 11 is 1.47. The van der Waals surface area contributed by atoms with Crippen LogP contribution < -0.4 is 19.0 Å². The summed E-state index contributed by atoms with van der Waals surface area (Å²) in [6.45, 7) is 2.83. The maximum atomic E-state index is 12.8. The highest BCUT2D eigenvalue weighted by atomic mass is 32.1.